The Bertz CT molecular complexity index is 2230. The van der Waals surface area contributed by atoms with E-state index in [0.717, 1.165) is 13.0 Å². The van der Waals surface area contributed by atoms with E-state index in [9.17, 15) is 0 Å². The lowest BCUT2D eigenvalue weighted by atomic mass is 9.90. The molecular formula is C44H38N3+3. The number of nitrogens with zero attached hydrogens (tertiary/aromatic N) is 3. The second-order valence-corrected chi connectivity index (χ2v) is 12.5. The van der Waals surface area contributed by atoms with Crippen LogP contribution in [0, 0.1) is 13.8 Å². The Balaban J connectivity index is 1.53. The Kier molecular flexibility index (Phi) is 7.51. The molecule has 0 N–H and O–H groups in total. The van der Waals surface area contributed by atoms with Gasteiger partial charge in [-0.2, -0.15) is 4.57 Å². The molecule has 0 amide bonds. The number of hydrogen-bond acceptors (Lipinski definition) is 0. The van der Waals surface area contributed by atoms with E-state index in [1.54, 1.807) is 0 Å². The molecule has 1 aliphatic heterocycles. The summed E-state index contributed by atoms with van der Waals surface area (Å²) in [7, 11) is 0. The second kappa shape index (κ2) is 12.3. The second-order valence-electron chi connectivity index (χ2n) is 12.5. The number of rotatable bonds is 3. The van der Waals surface area contributed by atoms with Gasteiger partial charge in [-0.3, -0.25) is 0 Å². The van der Waals surface area contributed by atoms with Crippen molar-refractivity contribution >= 4 is 0 Å². The summed E-state index contributed by atoms with van der Waals surface area (Å²) in [6, 6.07) is 53.1. The zero-order valence-electron chi connectivity index (χ0n) is 26.9. The maximum Gasteiger partial charge on any atom is 0.381 e. The average molecular weight is 609 g/mol. The molecule has 0 saturated carbocycles. The minimum absolute atomic E-state index is 0.179. The van der Waals surface area contributed by atoms with Crippen LogP contribution in [0.25, 0.3) is 44.9 Å². The standard InChI is InChI=1S/C44H38N3/c1-32-16-6-8-20-37(32)41-23-11-14-27-46(41)44-43-33(2)30-36(34-17-4-3-5-18-34)31-39(43)40-22-10-13-26-45(40)29-25-35-19-7-9-21-38(35)42-24-12-15-28-47(42)44/h3-24,26-28,30-31,44H,25,29H2,1-2H3/q+3. The maximum atomic E-state index is 2.49. The highest BCUT2D eigenvalue weighted by molar-refractivity contribution is 5.75. The largest absolute Gasteiger partial charge is 0.381 e. The topological polar surface area (TPSA) is 11.6 Å². The van der Waals surface area contributed by atoms with Crippen LogP contribution in [0.15, 0.2) is 164 Å². The highest BCUT2D eigenvalue weighted by Gasteiger charge is 2.41. The van der Waals surface area contributed by atoms with Crippen LogP contribution in [0.1, 0.15) is 28.4 Å². The van der Waals surface area contributed by atoms with Gasteiger partial charge in [0.15, 0.2) is 25.1 Å². The molecule has 1 atom stereocenters. The highest BCUT2D eigenvalue weighted by Crippen LogP contribution is 2.36. The van der Waals surface area contributed by atoms with Crippen LogP contribution in [-0.2, 0) is 13.0 Å². The van der Waals surface area contributed by atoms with Crippen LogP contribution in [0.3, 0.4) is 0 Å². The third-order valence-electron chi connectivity index (χ3n) is 9.61. The number of aromatic nitrogens is 3. The monoisotopic (exact) mass is 608 g/mol. The number of fused-ring (bicyclic) bond motifs is 6. The summed E-state index contributed by atoms with van der Waals surface area (Å²) < 4.78 is 7.42. The molecule has 1 unspecified atom stereocenters. The van der Waals surface area contributed by atoms with Crippen molar-refractivity contribution in [3.63, 3.8) is 0 Å². The van der Waals surface area contributed by atoms with Gasteiger partial charge < -0.3 is 0 Å². The number of hydrogen-bond donors (Lipinski definition) is 0. The van der Waals surface area contributed by atoms with E-state index in [4.69, 9.17) is 0 Å². The van der Waals surface area contributed by atoms with Crippen molar-refractivity contribution in [1.29, 1.82) is 0 Å². The molecule has 0 bridgehead atoms. The van der Waals surface area contributed by atoms with E-state index in [1.165, 1.54) is 67.2 Å². The quantitative estimate of drug-likeness (QED) is 0.178. The molecule has 226 valence electrons. The molecule has 4 heterocycles. The minimum Gasteiger partial charge on any atom is -0.198 e. The van der Waals surface area contributed by atoms with Crippen molar-refractivity contribution in [3.05, 3.63) is 186 Å². The van der Waals surface area contributed by atoms with Gasteiger partial charge in [-0.15, -0.1) is 9.13 Å². The summed E-state index contributed by atoms with van der Waals surface area (Å²) in [5, 5.41) is 0. The first-order valence-electron chi connectivity index (χ1n) is 16.5. The third kappa shape index (κ3) is 5.24. The Morgan fingerprint density at radius 1 is 0.468 bits per heavy atom. The summed E-state index contributed by atoms with van der Waals surface area (Å²) >= 11 is 0. The number of benzene rings is 4. The smallest absolute Gasteiger partial charge is 0.198 e. The Morgan fingerprint density at radius 3 is 1.81 bits per heavy atom. The fourth-order valence-electron chi connectivity index (χ4n) is 7.36. The van der Waals surface area contributed by atoms with Gasteiger partial charge in [0.25, 0.3) is 0 Å². The molecule has 0 fully saturated rings. The fraction of sp³-hybridized carbons (Fsp3) is 0.114. The molecule has 0 spiro atoms. The van der Waals surface area contributed by atoms with Gasteiger partial charge >= 0.3 is 6.17 Å². The predicted octanol–water partition coefficient (Wildman–Crippen LogP) is 8.49. The van der Waals surface area contributed by atoms with Crippen molar-refractivity contribution in [3.8, 4) is 44.9 Å². The van der Waals surface area contributed by atoms with E-state index in [-0.39, 0.29) is 6.17 Å². The summed E-state index contributed by atoms with van der Waals surface area (Å²) in [6.45, 7) is 5.38. The van der Waals surface area contributed by atoms with E-state index >= 15 is 0 Å². The van der Waals surface area contributed by atoms with Crippen LogP contribution < -0.4 is 13.7 Å². The lowest BCUT2D eigenvalue weighted by Gasteiger charge is -2.19. The fourth-order valence-corrected chi connectivity index (χ4v) is 7.36. The molecule has 47 heavy (non-hydrogen) atoms. The minimum atomic E-state index is -0.179. The molecule has 3 aromatic heterocycles. The SMILES string of the molecule is Cc1ccccc1-c1cccc[n+]1C1c2c(C)cc(-c3ccccc3)cc2-c2cccc[n+]2CCc2ccccc2-c2cccc[n+]21. The first-order chi connectivity index (χ1) is 23.2. The normalized spacial score (nSPS) is 13.8. The summed E-state index contributed by atoms with van der Waals surface area (Å²) in [5.41, 5.74) is 14.9. The van der Waals surface area contributed by atoms with E-state index < -0.39 is 0 Å². The molecule has 0 radical (unpaired) electrons. The lowest BCUT2D eigenvalue weighted by molar-refractivity contribution is -0.924. The molecule has 1 aliphatic rings. The number of aryl methyl sites for hydroxylation is 4. The lowest BCUT2D eigenvalue weighted by Crippen LogP contribution is -2.60. The van der Waals surface area contributed by atoms with Gasteiger partial charge in [-0.05, 0) is 78.1 Å². The predicted molar refractivity (Wildman–Crippen MR) is 188 cm³/mol. The summed E-state index contributed by atoms with van der Waals surface area (Å²) in [5.74, 6) is 0. The van der Waals surface area contributed by atoms with Crippen LogP contribution in [-0.4, -0.2) is 0 Å². The Hall–Kier alpha value is -5.67. The Labute approximate surface area is 277 Å². The molecule has 0 saturated heterocycles. The van der Waals surface area contributed by atoms with Crippen LogP contribution in [0.4, 0.5) is 0 Å². The average Bonchev–Trinajstić information content (AvgIpc) is 3.14. The van der Waals surface area contributed by atoms with Gasteiger partial charge in [-0.1, -0.05) is 72.8 Å². The molecule has 8 rings (SSSR count). The molecular weight excluding hydrogens is 571 g/mol. The molecule has 0 aliphatic carbocycles. The maximum absolute atomic E-state index is 2.49. The van der Waals surface area contributed by atoms with Crippen molar-refractivity contribution in [2.75, 3.05) is 0 Å². The van der Waals surface area contributed by atoms with E-state index in [2.05, 4.69) is 192 Å². The number of pyridine rings is 3. The van der Waals surface area contributed by atoms with Crippen molar-refractivity contribution < 1.29 is 13.7 Å². The first-order valence-corrected chi connectivity index (χ1v) is 16.5. The Morgan fingerprint density at radius 2 is 1.06 bits per heavy atom. The summed E-state index contributed by atoms with van der Waals surface area (Å²) in [4.78, 5) is 0. The molecule has 7 aromatic rings. The highest BCUT2D eigenvalue weighted by atomic mass is 15.2. The first kappa shape index (κ1) is 28.8. The molecule has 4 aromatic carbocycles. The van der Waals surface area contributed by atoms with Crippen molar-refractivity contribution in [2.24, 2.45) is 0 Å². The van der Waals surface area contributed by atoms with Gasteiger partial charge in [0, 0.05) is 53.9 Å². The van der Waals surface area contributed by atoms with E-state index in [0.29, 0.717) is 0 Å². The van der Waals surface area contributed by atoms with Crippen LogP contribution >= 0.6 is 0 Å². The van der Waals surface area contributed by atoms with Gasteiger partial charge in [0.05, 0.1) is 5.56 Å². The molecule has 3 nitrogen and oxygen atoms in total. The summed E-state index contributed by atoms with van der Waals surface area (Å²) in [6.07, 6.45) is 7.52. The molecule has 3 heteroatoms. The van der Waals surface area contributed by atoms with Crippen molar-refractivity contribution in [1.82, 2.24) is 0 Å². The van der Waals surface area contributed by atoms with Crippen LogP contribution in [0.5, 0.6) is 0 Å². The third-order valence-corrected chi connectivity index (χ3v) is 9.61. The van der Waals surface area contributed by atoms with Crippen LogP contribution in [0.2, 0.25) is 0 Å². The van der Waals surface area contributed by atoms with Gasteiger partial charge in [-0.25, -0.2) is 0 Å². The van der Waals surface area contributed by atoms with Gasteiger partial charge in [0.1, 0.15) is 5.56 Å². The van der Waals surface area contributed by atoms with Crippen molar-refractivity contribution in [2.45, 2.75) is 33.0 Å². The van der Waals surface area contributed by atoms with Gasteiger partial charge in [0.2, 0.25) is 17.1 Å². The zero-order valence-corrected chi connectivity index (χ0v) is 26.9. The van der Waals surface area contributed by atoms with E-state index in [1.807, 2.05) is 0 Å². The zero-order chi connectivity index (χ0) is 31.7.